The van der Waals surface area contributed by atoms with Crippen molar-refractivity contribution in [1.29, 1.82) is 0 Å². The second-order valence-electron chi connectivity index (χ2n) is 4.12. The van der Waals surface area contributed by atoms with E-state index in [1.165, 1.54) is 29.2 Å². The molecule has 1 unspecified atom stereocenters. The van der Waals surface area contributed by atoms with Gasteiger partial charge in [0.15, 0.2) is 4.34 Å². The molecule has 0 amide bonds. The van der Waals surface area contributed by atoms with Crippen LogP contribution in [-0.2, 0) is 6.42 Å². The lowest BCUT2D eigenvalue weighted by Gasteiger charge is -2.10. The quantitative estimate of drug-likeness (QED) is 0.937. The van der Waals surface area contributed by atoms with Crippen LogP contribution in [0.2, 0.25) is 0 Å². The number of nitrogens with two attached hydrogens (primary N) is 1. The zero-order valence-electron chi connectivity index (χ0n) is 10.2. The van der Waals surface area contributed by atoms with Crippen molar-refractivity contribution in [1.82, 2.24) is 10.2 Å². The van der Waals surface area contributed by atoms with Gasteiger partial charge in [-0.15, -0.1) is 10.2 Å². The van der Waals surface area contributed by atoms with Crippen LogP contribution in [0.25, 0.3) is 0 Å². The lowest BCUT2D eigenvalue weighted by Crippen LogP contribution is -2.18. The standard InChI is InChI=1S/C12H14FN3S2/c1-7(14)5-9-6-10(13)3-4-11(9)18-12-16-15-8(2)17-12/h3-4,6-7H,5,14H2,1-2H3. The van der Waals surface area contributed by atoms with Gasteiger partial charge in [0.05, 0.1) is 0 Å². The molecule has 3 nitrogen and oxygen atoms in total. The van der Waals surface area contributed by atoms with Crippen molar-refractivity contribution >= 4 is 23.1 Å². The van der Waals surface area contributed by atoms with Crippen LogP contribution in [-0.4, -0.2) is 16.2 Å². The molecule has 1 aromatic carbocycles. The molecule has 0 aliphatic heterocycles. The molecule has 2 aromatic rings. The second-order valence-corrected chi connectivity index (χ2v) is 6.59. The zero-order valence-corrected chi connectivity index (χ0v) is 11.8. The molecule has 1 heterocycles. The molecule has 0 saturated carbocycles. The van der Waals surface area contributed by atoms with Crippen LogP contribution in [0.5, 0.6) is 0 Å². The molecule has 0 aliphatic rings. The molecule has 0 fully saturated rings. The number of benzene rings is 1. The molecule has 18 heavy (non-hydrogen) atoms. The third-order valence-corrected chi connectivity index (χ3v) is 4.28. The summed E-state index contributed by atoms with van der Waals surface area (Å²) in [5.41, 5.74) is 6.70. The zero-order chi connectivity index (χ0) is 13.1. The molecule has 0 aliphatic carbocycles. The summed E-state index contributed by atoms with van der Waals surface area (Å²) < 4.78 is 14.1. The number of rotatable bonds is 4. The predicted molar refractivity (Wildman–Crippen MR) is 72.5 cm³/mol. The minimum Gasteiger partial charge on any atom is -0.328 e. The summed E-state index contributed by atoms with van der Waals surface area (Å²) in [6.45, 7) is 3.82. The Kier molecular flexibility index (Phi) is 4.31. The maximum atomic E-state index is 13.3. The molecule has 6 heteroatoms. The van der Waals surface area contributed by atoms with Gasteiger partial charge in [-0.1, -0.05) is 23.1 Å². The molecule has 0 radical (unpaired) electrons. The maximum Gasteiger partial charge on any atom is 0.179 e. The minimum atomic E-state index is -0.233. The number of halogens is 1. The first kappa shape index (κ1) is 13.5. The largest absolute Gasteiger partial charge is 0.328 e. The van der Waals surface area contributed by atoms with Gasteiger partial charge in [-0.3, -0.25) is 0 Å². The fourth-order valence-electron chi connectivity index (χ4n) is 1.57. The predicted octanol–water partition coefficient (Wildman–Crippen LogP) is 3.03. The summed E-state index contributed by atoms with van der Waals surface area (Å²) in [7, 11) is 0. The summed E-state index contributed by atoms with van der Waals surface area (Å²) in [6.07, 6.45) is 0.651. The Hall–Kier alpha value is -0.980. The number of hydrogen-bond acceptors (Lipinski definition) is 5. The average Bonchev–Trinajstić information content (AvgIpc) is 2.67. The van der Waals surface area contributed by atoms with Crippen LogP contribution >= 0.6 is 23.1 Å². The third kappa shape index (κ3) is 3.51. The minimum absolute atomic E-state index is 0.00214. The van der Waals surface area contributed by atoms with Gasteiger partial charge >= 0.3 is 0 Å². The van der Waals surface area contributed by atoms with E-state index >= 15 is 0 Å². The van der Waals surface area contributed by atoms with Crippen LogP contribution < -0.4 is 5.73 Å². The van der Waals surface area contributed by atoms with E-state index in [1.807, 2.05) is 13.8 Å². The van der Waals surface area contributed by atoms with E-state index in [4.69, 9.17) is 5.73 Å². The van der Waals surface area contributed by atoms with Crippen molar-refractivity contribution < 1.29 is 4.39 Å². The SMILES string of the molecule is Cc1nnc(Sc2ccc(F)cc2CC(C)N)s1. The highest BCUT2D eigenvalue weighted by atomic mass is 32.2. The average molecular weight is 283 g/mol. The third-order valence-electron chi connectivity index (χ3n) is 2.27. The van der Waals surface area contributed by atoms with Gasteiger partial charge < -0.3 is 5.73 Å². The van der Waals surface area contributed by atoms with Gasteiger partial charge in [-0.05, 0) is 44.0 Å². The smallest absolute Gasteiger partial charge is 0.179 e. The molecule has 96 valence electrons. The van der Waals surface area contributed by atoms with Crippen LogP contribution in [0.15, 0.2) is 27.4 Å². The number of hydrogen-bond donors (Lipinski definition) is 1. The molecule has 1 aromatic heterocycles. The van der Waals surface area contributed by atoms with E-state index in [-0.39, 0.29) is 11.9 Å². The summed E-state index contributed by atoms with van der Waals surface area (Å²) in [5, 5.41) is 8.95. The molecule has 2 rings (SSSR count). The van der Waals surface area contributed by atoms with E-state index in [2.05, 4.69) is 10.2 Å². The van der Waals surface area contributed by atoms with Crippen molar-refractivity contribution in [3.05, 3.63) is 34.6 Å². The number of aryl methyl sites for hydroxylation is 1. The summed E-state index contributed by atoms with van der Waals surface area (Å²) in [5.74, 6) is -0.233. The topological polar surface area (TPSA) is 51.8 Å². The summed E-state index contributed by atoms with van der Waals surface area (Å²) in [6, 6.07) is 4.77. The lowest BCUT2D eigenvalue weighted by atomic mass is 10.1. The Bertz CT molecular complexity index is 540. The van der Waals surface area contributed by atoms with Crippen LogP contribution in [0, 0.1) is 12.7 Å². The van der Waals surface area contributed by atoms with Crippen molar-refractivity contribution in [2.24, 2.45) is 5.73 Å². The summed E-state index contributed by atoms with van der Waals surface area (Å²) >= 11 is 3.04. The monoisotopic (exact) mass is 283 g/mol. The molecule has 2 N–H and O–H groups in total. The highest BCUT2D eigenvalue weighted by Crippen LogP contribution is 2.33. The molecular formula is C12H14FN3S2. The maximum absolute atomic E-state index is 13.3. The van der Waals surface area contributed by atoms with E-state index < -0.39 is 0 Å². The Balaban J connectivity index is 2.26. The van der Waals surface area contributed by atoms with Gasteiger partial charge in [-0.2, -0.15) is 0 Å². The van der Waals surface area contributed by atoms with Gasteiger partial charge in [-0.25, -0.2) is 4.39 Å². The Morgan fingerprint density at radius 1 is 1.44 bits per heavy atom. The molecule has 0 saturated heterocycles. The Labute approximate surface area is 114 Å². The summed E-state index contributed by atoms with van der Waals surface area (Å²) in [4.78, 5) is 0.991. The fraction of sp³-hybridized carbons (Fsp3) is 0.333. The van der Waals surface area contributed by atoms with Crippen molar-refractivity contribution in [3.8, 4) is 0 Å². The number of nitrogens with zero attached hydrogens (tertiary/aromatic N) is 2. The van der Waals surface area contributed by atoms with Crippen molar-refractivity contribution in [3.63, 3.8) is 0 Å². The fourth-order valence-corrected chi connectivity index (χ4v) is 3.46. The van der Waals surface area contributed by atoms with E-state index in [0.29, 0.717) is 6.42 Å². The van der Waals surface area contributed by atoms with Gasteiger partial charge in [0.25, 0.3) is 0 Å². The van der Waals surface area contributed by atoms with Crippen LogP contribution in [0.3, 0.4) is 0 Å². The second kappa shape index (κ2) is 5.77. The lowest BCUT2D eigenvalue weighted by molar-refractivity contribution is 0.620. The van der Waals surface area contributed by atoms with Crippen LogP contribution in [0.4, 0.5) is 4.39 Å². The molecule has 0 spiro atoms. The molecular weight excluding hydrogens is 269 g/mol. The van der Waals surface area contributed by atoms with Crippen molar-refractivity contribution in [2.75, 3.05) is 0 Å². The van der Waals surface area contributed by atoms with Gasteiger partial charge in [0, 0.05) is 10.9 Å². The van der Waals surface area contributed by atoms with Crippen molar-refractivity contribution in [2.45, 2.75) is 35.5 Å². The molecule has 0 bridgehead atoms. The Morgan fingerprint density at radius 3 is 2.83 bits per heavy atom. The number of aromatic nitrogens is 2. The highest BCUT2D eigenvalue weighted by molar-refractivity contribution is 8.01. The Morgan fingerprint density at radius 2 is 2.22 bits per heavy atom. The first-order chi connectivity index (χ1) is 8.54. The normalized spacial score (nSPS) is 12.7. The van der Waals surface area contributed by atoms with Crippen LogP contribution in [0.1, 0.15) is 17.5 Å². The highest BCUT2D eigenvalue weighted by Gasteiger charge is 2.10. The van der Waals surface area contributed by atoms with E-state index in [0.717, 1.165) is 19.8 Å². The van der Waals surface area contributed by atoms with Gasteiger partial charge in [0.2, 0.25) is 0 Å². The first-order valence-corrected chi connectivity index (χ1v) is 7.20. The molecule has 1 atom stereocenters. The van der Waals surface area contributed by atoms with E-state index in [1.54, 1.807) is 12.1 Å². The van der Waals surface area contributed by atoms with Gasteiger partial charge in [0.1, 0.15) is 10.8 Å². The van der Waals surface area contributed by atoms with E-state index in [9.17, 15) is 4.39 Å². The first-order valence-electron chi connectivity index (χ1n) is 5.56.